The summed E-state index contributed by atoms with van der Waals surface area (Å²) in [7, 11) is 0. The first kappa shape index (κ1) is 17.2. The van der Waals surface area contributed by atoms with Crippen LogP contribution in [0.5, 0.6) is 0 Å². The van der Waals surface area contributed by atoms with E-state index < -0.39 is 5.91 Å². The van der Waals surface area contributed by atoms with Crippen molar-refractivity contribution >= 4 is 12.2 Å². The van der Waals surface area contributed by atoms with Gasteiger partial charge in [0, 0.05) is 5.56 Å². The van der Waals surface area contributed by atoms with Gasteiger partial charge in [-0.2, -0.15) is 0 Å². The summed E-state index contributed by atoms with van der Waals surface area (Å²) in [5.74, 6) is -0.768. The molecule has 0 fully saturated rings. The number of carbonyl (C=O) groups is 2. The quantitative estimate of drug-likeness (QED) is 0.317. The fourth-order valence-corrected chi connectivity index (χ4v) is 1.12. The monoisotopic (exact) mass is 270 g/mol. The third kappa shape index (κ3) is 9.87. The van der Waals surface area contributed by atoms with E-state index in [4.69, 9.17) is 5.21 Å². The molecule has 0 heterocycles. The molecule has 0 aliphatic rings. The third-order valence-electron chi connectivity index (χ3n) is 2.10. The van der Waals surface area contributed by atoms with Gasteiger partial charge in [0.15, 0.2) is 0 Å². The fourth-order valence-electron chi connectivity index (χ4n) is 1.12. The fraction of sp³-hybridized carbons (Fsp3) is 0.385. The normalized spacial score (nSPS) is 9.21. The Kier molecular flexibility index (Phi) is 10.2. The second-order valence-electron chi connectivity index (χ2n) is 3.74. The average molecular weight is 270 g/mol. The minimum absolute atomic E-state index is 0.191. The van der Waals surface area contributed by atoms with Gasteiger partial charge in [-0.15, -0.1) is 0 Å². The lowest BCUT2D eigenvalue weighted by Crippen LogP contribution is -2.32. The molecule has 0 unspecified atom stereocenters. The summed E-state index contributed by atoms with van der Waals surface area (Å²) in [5.41, 5.74) is 1.91. The Morgan fingerprint density at radius 3 is 2.68 bits per heavy atom. The molecule has 1 aromatic carbocycles. The standard InChI is InChI=1S/C7H5FO.C6H14N2O2/c8-7-3-1-2-6(4-7)5-9;1-2-3-4-7-5-6(9)8-10/h1-5H;7,10H,2-5H2,1H3,(H,8,9). The van der Waals surface area contributed by atoms with E-state index in [-0.39, 0.29) is 12.4 Å². The van der Waals surface area contributed by atoms with Gasteiger partial charge in [0.1, 0.15) is 12.1 Å². The maximum absolute atomic E-state index is 12.2. The Labute approximate surface area is 111 Å². The molecule has 0 aliphatic heterocycles. The molecule has 5 nitrogen and oxygen atoms in total. The molecule has 0 aromatic heterocycles. The van der Waals surface area contributed by atoms with E-state index in [0.717, 1.165) is 19.4 Å². The largest absolute Gasteiger partial charge is 0.308 e. The van der Waals surface area contributed by atoms with Crippen molar-refractivity contribution in [3.63, 3.8) is 0 Å². The zero-order valence-electron chi connectivity index (χ0n) is 10.9. The summed E-state index contributed by atoms with van der Waals surface area (Å²) < 4.78 is 12.2. The van der Waals surface area contributed by atoms with Gasteiger partial charge in [-0.3, -0.25) is 14.8 Å². The molecule has 0 saturated heterocycles. The smallest absolute Gasteiger partial charge is 0.257 e. The number of rotatable bonds is 6. The van der Waals surface area contributed by atoms with Crippen LogP contribution in [0.1, 0.15) is 30.1 Å². The zero-order valence-corrected chi connectivity index (χ0v) is 10.9. The van der Waals surface area contributed by atoms with Crippen molar-refractivity contribution in [1.29, 1.82) is 0 Å². The van der Waals surface area contributed by atoms with Crippen molar-refractivity contribution in [2.75, 3.05) is 13.1 Å². The van der Waals surface area contributed by atoms with Crippen molar-refractivity contribution in [3.8, 4) is 0 Å². The summed E-state index contributed by atoms with van der Waals surface area (Å²) >= 11 is 0. The second kappa shape index (κ2) is 11.3. The minimum atomic E-state index is -0.392. The van der Waals surface area contributed by atoms with Crippen LogP contribution in [0.4, 0.5) is 4.39 Å². The van der Waals surface area contributed by atoms with E-state index >= 15 is 0 Å². The number of nitrogens with one attached hydrogen (secondary N) is 2. The maximum Gasteiger partial charge on any atom is 0.257 e. The van der Waals surface area contributed by atoms with Gasteiger partial charge in [0.2, 0.25) is 0 Å². The van der Waals surface area contributed by atoms with Gasteiger partial charge in [-0.1, -0.05) is 25.5 Å². The number of halogens is 1. The lowest BCUT2D eigenvalue weighted by molar-refractivity contribution is -0.128. The molecule has 6 heteroatoms. The third-order valence-corrected chi connectivity index (χ3v) is 2.10. The van der Waals surface area contributed by atoms with Crippen LogP contribution in [-0.2, 0) is 4.79 Å². The first-order valence-corrected chi connectivity index (χ1v) is 5.98. The van der Waals surface area contributed by atoms with Gasteiger partial charge in [-0.05, 0) is 25.1 Å². The first-order valence-electron chi connectivity index (χ1n) is 5.98. The Morgan fingerprint density at radius 2 is 2.21 bits per heavy atom. The Bertz CT molecular complexity index is 386. The molecule has 0 bridgehead atoms. The number of carbonyl (C=O) groups excluding carboxylic acids is 2. The predicted molar refractivity (Wildman–Crippen MR) is 69.5 cm³/mol. The van der Waals surface area contributed by atoms with Crippen molar-refractivity contribution < 1.29 is 19.2 Å². The van der Waals surface area contributed by atoms with Crippen molar-refractivity contribution in [3.05, 3.63) is 35.6 Å². The molecular formula is C13H19FN2O3. The van der Waals surface area contributed by atoms with E-state index in [9.17, 15) is 14.0 Å². The summed E-state index contributed by atoms with van der Waals surface area (Å²) in [6.07, 6.45) is 2.77. The van der Waals surface area contributed by atoms with E-state index in [1.54, 1.807) is 11.5 Å². The number of amides is 1. The van der Waals surface area contributed by atoms with Gasteiger partial charge >= 0.3 is 0 Å². The van der Waals surface area contributed by atoms with Gasteiger partial charge < -0.3 is 5.32 Å². The molecule has 1 aromatic rings. The summed E-state index contributed by atoms with van der Waals surface area (Å²) in [6, 6.07) is 5.54. The van der Waals surface area contributed by atoms with E-state index in [1.165, 1.54) is 18.2 Å². The Hall–Kier alpha value is -1.79. The molecule has 0 atom stereocenters. The van der Waals surface area contributed by atoms with E-state index in [0.29, 0.717) is 11.8 Å². The van der Waals surface area contributed by atoms with Crippen molar-refractivity contribution in [2.24, 2.45) is 0 Å². The number of benzene rings is 1. The SMILES string of the molecule is CCCCNCC(=O)NO.O=Cc1cccc(F)c1. The van der Waals surface area contributed by atoms with Gasteiger partial charge in [0.05, 0.1) is 6.54 Å². The van der Waals surface area contributed by atoms with Crippen molar-refractivity contribution in [2.45, 2.75) is 19.8 Å². The molecule has 1 amide bonds. The molecular weight excluding hydrogens is 251 g/mol. The highest BCUT2D eigenvalue weighted by atomic mass is 19.1. The number of unbranched alkanes of at least 4 members (excludes halogenated alkanes) is 1. The topological polar surface area (TPSA) is 78.4 Å². The molecule has 0 spiro atoms. The van der Waals surface area contributed by atoms with Crippen LogP contribution in [0, 0.1) is 5.82 Å². The van der Waals surface area contributed by atoms with Crippen LogP contribution < -0.4 is 10.8 Å². The van der Waals surface area contributed by atoms with Crippen LogP contribution >= 0.6 is 0 Å². The van der Waals surface area contributed by atoms with E-state index in [2.05, 4.69) is 12.2 Å². The molecule has 19 heavy (non-hydrogen) atoms. The maximum atomic E-state index is 12.2. The van der Waals surface area contributed by atoms with Crippen LogP contribution in [0.2, 0.25) is 0 Å². The van der Waals surface area contributed by atoms with Crippen LogP contribution in [0.15, 0.2) is 24.3 Å². The first-order chi connectivity index (χ1) is 9.13. The molecule has 0 aliphatic carbocycles. The summed E-state index contributed by atoms with van der Waals surface area (Å²) in [6.45, 7) is 3.09. The second-order valence-corrected chi connectivity index (χ2v) is 3.74. The Morgan fingerprint density at radius 1 is 1.47 bits per heavy atom. The Balaban J connectivity index is 0.000000342. The zero-order chi connectivity index (χ0) is 14.5. The lowest BCUT2D eigenvalue weighted by atomic mass is 10.2. The van der Waals surface area contributed by atoms with Crippen LogP contribution in [-0.4, -0.2) is 30.5 Å². The van der Waals surface area contributed by atoms with Crippen LogP contribution in [0.25, 0.3) is 0 Å². The van der Waals surface area contributed by atoms with Crippen LogP contribution in [0.3, 0.4) is 0 Å². The molecule has 0 radical (unpaired) electrons. The summed E-state index contributed by atoms with van der Waals surface area (Å²) in [5, 5.41) is 10.9. The minimum Gasteiger partial charge on any atom is -0.308 e. The summed E-state index contributed by atoms with van der Waals surface area (Å²) in [4.78, 5) is 20.3. The predicted octanol–water partition coefficient (Wildman–Crippen LogP) is 1.52. The molecule has 106 valence electrons. The molecule has 3 N–H and O–H groups in total. The number of hydroxylamine groups is 1. The lowest BCUT2D eigenvalue weighted by Gasteiger charge is -2.00. The van der Waals surface area contributed by atoms with Crippen molar-refractivity contribution in [1.82, 2.24) is 10.8 Å². The molecule has 1 rings (SSSR count). The molecule has 0 saturated carbocycles. The highest BCUT2D eigenvalue weighted by Crippen LogP contribution is 1.99. The highest BCUT2D eigenvalue weighted by molar-refractivity contribution is 5.76. The van der Waals surface area contributed by atoms with Gasteiger partial charge in [0.25, 0.3) is 5.91 Å². The number of hydrogen-bond donors (Lipinski definition) is 3. The number of hydrogen-bond acceptors (Lipinski definition) is 4. The number of aldehydes is 1. The van der Waals surface area contributed by atoms with Gasteiger partial charge in [-0.25, -0.2) is 9.87 Å². The average Bonchev–Trinajstić information content (AvgIpc) is 2.44. The van der Waals surface area contributed by atoms with E-state index in [1.807, 2.05) is 0 Å². The highest BCUT2D eigenvalue weighted by Gasteiger charge is 1.94.